The molecule has 21 heavy (non-hydrogen) atoms. The van der Waals surface area contributed by atoms with Gasteiger partial charge in [0.1, 0.15) is 0 Å². The van der Waals surface area contributed by atoms with Crippen molar-refractivity contribution >= 4 is 5.78 Å². The second-order valence-corrected chi connectivity index (χ2v) is 6.34. The quantitative estimate of drug-likeness (QED) is 0.604. The first-order valence-electron chi connectivity index (χ1n) is 7.31. The zero-order chi connectivity index (χ0) is 16.0. The Morgan fingerprint density at radius 1 is 1.38 bits per heavy atom. The molecular formula is C18H26O3. The van der Waals surface area contributed by atoms with Gasteiger partial charge in [-0.25, -0.2) is 0 Å². The molecule has 1 unspecified atom stereocenters. The van der Waals surface area contributed by atoms with Gasteiger partial charge in [-0.2, -0.15) is 0 Å². The Morgan fingerprint density at radius 2 is 2.05 bits per heavy atom. The average molecular weight is 290 g/mol. The molecule has 116 valence electrons. The molecule has 2 N–H and O–H groups in total. The number of allylic oxidation sites excluding steroid dienone is 5. The first-order chi connectivity index (χ1) is 9.76. The van der Waals surface area contributed by atoms with Crippen LogP contribution in [0.15, 0.2) is 47.1 Å². The molecule has 1 aliphatic carbocycles. The van der Waals surface area contributed by atoms with Crippen molar-refractivity contribution in [2.24, 2.45) is 5.41 Å². The topological polar surface area (TPSA) is 57.5 Å². The van der Waals surface area contributed by atoms with Crippen molar-refractivity contribution in [2.45, 2.75) is 46.6 Å². The minimum absolute atomic E-state index is 0.0199. The van der Waals surface area contributed by atoms with E-state index in [0.717, 1.165) is 12.0 Å². The minimum Gasteiger partial charge on any atom is -0.393 e. The molecule has 0 aromatic carbocycles. The van der Waals surface area contributed by atoms with E-state index in [-0.39, 0.29) is 23.9 Å². The van der Waals surface area contributed by atoms with Gasteiger partial charge in [-0.15, -0.1) is 0 Å². The molecule has 1 aliphatic rings. The fourth-order valence-electron chi connectivity index (χ4n) is 2.84. The van der Waals surface area contributed by atoms with Crippen molar-refractivity contribution in [2.75, 3.05) is 6.61 Å². The summed E-state index contributed by atoms with van der Waals surface area (Å²) in [5.41, 5.74) is 3.07. The van der Waals surface area contributed by atoms with Crippen molar-refractivity contribution in [3.05, 3.63) is 47.1 Å². The summed E-state index contributed by atoms with van der Waals surface area (Å²) in [5.74, 6) is -0.0199. The van der Waals surface area contributed by atoms with E-state index in [4.69, 9.17) is 0 Å². The number of carbonyl (C=O) groups is 1. The molecule has 0 spiro atoms. The largest absolute Gasteiger partial charge is 0.393 e. The number of aliphatic hydroxyl groups is 2. The monoisotopic (exact) mass is 290 g/mol. The lowest BCUT2D eigenvalue weighted by molar-refractivity contribution is -0.112. The maximum Gasteiger partial charge on any atom is 0.152 e. The van der Waals surface area contributed by atoms with Gasteiger partial charge in [-0.1, -0.05) is 43.7 Å². The molecule has 0 aromatic rings. The first kappa shape index (κ1) is 17.6. The van der Waals surface area contributed by atoms with Crippen LogP contribution in [0.2, 0.25) is 0 Å². The Balaban J connectivity index is 2.96. The molecule has 0 radical (unpaired) electrons. The summed E-state index contributed by atoms with van der Waals surface area (Å²) >= 11 is 0. The third kappa shape index (κ3) is 5.44. The van der Waals surface area contributed by atoms with E-state index in [1.807, 2.05) is 19.1 Å². The van der Waals surface area contributed by atoms with Gasteiger partial charge in [0.2, 0.25) is 0 Å². The molecule has 1 rings (SSSR count). The number of aliphatic hydroxyl groups excluding tert-OH is 2. The molecule has 0 aromatic heterocycles. The molecule has 0 amide bonds. The summed E-state index contributed by atoms with van der Waals surface area (Å²) < 4.78 is 0. The van der Waals surface area contributed by atoms with Crippen LogP contribution in [0.1, 0.15) is 40.5 Å². The molecule has 3 heteroatoms. The maximum absolute atomic E-state index is 10.8. The molecule has 0 aliphatic heterocycles. The lowest BCUT2D eigenvalue weighted by atomic mass is 9.71. The van der Waals surface area contributed by atoms with Crippen LogP contribution >= 0.6 is 0 Å². The highest BCUT2D eigenvalue weighted by Crippen LogP contribution is 2.40. The molecule has 0 bridgehead atoms. The van der Waals surface area contributed by atoms with Crippen LogP contribution in [0.4, 0.5) is 0 Å². The zero-order valence-electron chi connectivity index (χ0n) is 13.4. The minimum atomic E-state index is -0.275. The van der Waals surface area contributed by atoms with Gasteiger partial charge in [0.25, 0.3) is 0 Å². The molecule has 3 nitrogen and oxygen atoms in total. The van der Waals surface area contributed by atoms with Crippen LogP contribution in [0.3, 0.4) is 0 Å². The summed E-state index contributed by atoms with van der Waals surface area (Å²) in [6.07, 6.45) is 9.91. The van der Waals surface area contributed by atoms with Crippen molar-refractivity contribution < 1.29 is 15.0 Å². The van der Waals surface area contributed by atoms with Gasteiger partial charge in [-0.05, 0) is 49.3 Å². The van der Waals surface area contributed by atoms with Gasteiger partial charge in [0.15, 0.2) is 5.78 Å². The molecular weight excluding hydrogens is 264 g/mol. The summed E-state index contributed by atoms with van der Waals surface area (Å²) in [5, 5.41) is 19.2. The van der Waals surface area contributed by atoms with E-state index in [1.165, 1.54) is 24.1 Å². The van der Waals surface area contributed by atoms with E-state index < -0.39 is 0 Å². The Bertz CT molecular complexity index is 505. The van der Waals surface area contributed by atoms with E-state index in [9.17, 15) is 15.0 Å². The van der Waals surface area contributed by atoms with E-state index in [0.29, 0.717) is 6.42 Å². The predicted molar refractivity (Wildman–Crippen MR) is 85.9 cm³/mol. The van der Waals surface area contributed by atoms with Crippen LogP contribution in [-0.4, -0.2) is 28.7 Å². The maximum atomic E-state index is 10.8. The smallest absolute Gasteiger partial charge is 0.152 e. The third-order valence-electron chi connectivity index (χ3n) is 3.76. The van der Waals surface area contributed by atoms with Crippen LogP contribution in [0.5, 0.6) is 0 Å². The summed E-state index contributed by atoms with van der Waals surface area (Å²) in [6.45, 7) is 7.70. The van der Waals surface area contributed by atoms with E-state index in [2.05, 4.69) is 13.8 Å². The zero-order valence-corrected chi connectivity index (χ0v) is 13.4. The summed E-state index contributed by atoms with van der Waals surface area (Å²) in [7, 11) is 0. The van der Waals surface area contributed by atoms with Crippen LogP contribution in [0, 0.1) is 5.41 Å². The molecule has 0 saturated carbocycles. The van der Waals surface area contributed by atoms with E-state index in [1.54, 1.807) is 12.2 Å². The standard InChI is InChI=1S/C18H26O3/c1-13-10-16(21)11-18(3,4)17(13)9-8-15(12-19)7-5-6-14(2)20/h5-9,16,19,21H,10-12H2,1-4H3/b6-5+,9-8+,15-7-. The number of rotatable bonds is 5. The summed E-state index contributed by atoms with van der Waals surface area (Å²) in [6, 6.07) is 0. The fraction of sp³-hybridized carbons (Fsp3) is 0.500. The van der Waals surface area contributed by atoms with Crippen LogP contribution in [-0.2, 0) is 4.79 Å². The highest BCUT2D eigenvalue weighted by Gasteiger charge is 2.31. The SMILES string of the molecule is CC(=O)/C=C/C=C(/C=C/C1=C(C)CC(O)CC1(C)C)CO. The van der Waals surface area contributed by atoms with Gasteiger partial charge in [-0.3, -0.25) is 4.79 Å². The second kappa shape index (κ2) is 7.53. The van der Waals surface area contributed by atoms with E-state index >= 15 is 0 Å². The van der Waals surface area contributed by atoms with Gasteiger partial charge < -0.3 is 10.2 Å². The third-order valence-corrected chi connectivity index (χ3v) is 3.76. The Hall–Kier alpha value is -1.45. The number of carbonyl (C=O) groups excluding carboxylic acids is 1. The average Bonchev–Trinajstić information content (AvgIpc) is 2.33. The van der Waals surface area contributed by atoms with Gasteiger partial charge in [0, 0.05) is 0 Å². The first-order valence-corrected chi connectivity index (χ1v) is 7.31. The molecule has 0 heterocycles. The predicted octanol–water partition coefficient (Wildman–Crippen LogP) is 3.10. The Labute approximate surface area is 127 Å². The molecule has 0 saturated heterocycles. The lowest BCUT2D eigenvalue weighted by Crippen LogP contribution is -2.28. The molecule has 1 atom stereocenters. The van der Waals surface area contributed by atoms with Crippen molar-refractivity contribution in [3.8, 4) is 0 Å². The lowest BCUT2D eigenvalue weighted by Gasteiger charge is -2.35. The van der Waals surface area contributed by atoms with Crippen molar-refractivity contribution in [1.29, 1.82) is 0 Å². The number of hydrogen-bond donors (Lipinski definition) is 2. The van der Waals surface area contributed by atoms with Crippen molar-refractivity contribution in [3.63, 3.8) is 0 Å². The normalized spacial score (nSPS) is 23.3. The Kier molecular flexibility index (Phi) is 6.31. The highest BCUT2D eigenvalue weighted by molar-refractivity contribution is 5.87. The van der Waals surface area contributed by atoms with Gasteiger partial charge >= 0.3 is 0 Å². The van der Waals surface area contributed by atoms with Crippen LogP contribution < -0.4 is 0 Å². The molecule has 0 fully saturated rings. The Morgan fingerprint density at radius 3 is 2.57 bits per heavy atom. The van der Waals surface area contributed by atoms with Crippen LogP contribution in [0.25, 0.3) is 0 Å². The highest BCUT2D eigenvalue weighted by atomic mass is 16.3. The second-order valence-electron chi connectivity index (χ2n) is 6.34. The van der Waals surface area contributed by atoms with Gasteiger partial charge in [0.05, 0.1) is 12.7 Å². The summed E-state index contributed by atoms with van der Waals surface area (Å²) in [4.78, 5) is 10.8. The number of hydrogen-bond acceptors (Lipinski definition) is 3. The number of ketones is 1. The van der Waals surface area contributed by atoms with Crippen molar-refractivity contribution in [1.82, 2.24) is 0 Å². The fourth-order valence-corrected chi connectivity index (χ4v) is 2.84.